The molecule has 3 rings (SSSR count). The molecule has 6 nitrogen and oxygen atoms in total. The van der Waals surface area contributed by atoms with Gasteiger partial charge in [-0.1, -0.05) is 0 Å². The summed E-state index contributed by atoms with van der Waals surface area (Å²) >= 11 is 0. The van der Waals surface area contributed by atoms with Gasteiger partial charge in [0.05, 0.1) is 5.69 Å². The van der Waals surface area contributed by atoms with E-state index in [0.717, 1.165) is 12.1 Å². The minimum atomic E-state index is -4.79. The SMILES string of the molecule is O=C1COc2ccc(NC(=O)c3ccc(OC(F)(F)F)cc3)cc2N1. The van der Waals surface area contributed by atoms with Crippen molar-refractivity contribution in [1.82, 2.24) is 0 Å². The summed E-state index contributed by atoms with van der Waals surface area (Å²) in [5.74, 6) is -0.776. The first-order valence-electron chi connectivity index (χ1n) is 7.04. The standard InChI is InChI=1S/C16H11F3N2O4/c17-16(18,19)25-11-4-1-9(2-5-11)15(23)20-10-3-6-13-12(7-10)21-14(22)8-24-13/h1-7H,8H2,(H,20,23)(H,21,22). The Labute approximate surface area is 139 Å². The lowest BCUT2D eigenvalue weighted by Gasteiger charge is -2.18. The number of nitrogens with one attached hydrogen (secondary N) is 2. The Hall–Kier alpha value is -3.23. The highest BCUT2D eigenvalue weighted by atomic mass is 19.4. The summed E-state index contributed by atoms with van der Waals surface area (Å²) < 4.78 is 45.3. The van der Waals surface area contributed by atoms with Gasteiger partial charge in [-0.2, -0.15) is 0 Å². The van der Waals surface area contributed by atoms with Crippen molar-refractivity contribution in [2.24, 2.45) is 0 Å². The molecule has 0 saturated heterocycles. The average Bonchev–Trinajstić information content (AvgIpc) is 2.53. The third-order valence-electron chi connectivity index (χ3n) is 3.22. The Kier molecular flexibility index (Phi) is 4.22. The number of amides is 2. The Morgan fingerprint density at radius 3 is 2.56 bits per heavy atom. The topological polar surface area (TPSA) is 76.7 Å². The van der Waals surface area contributed by atoms with Gasteiger partial charge in [0, 0.05) is 11.3 Å². The van der Waals surface area contributed by atoms with Gasteiger partial charge in [0.15, 0.2) is 6.61 Å². The van der Waals surface area contributed by atoms with E-state index in [1.807, 2.05) is 0 Å². The maximum Gasteiger partial charge on any atom is 0.573 e. The molecule has 0 bridgehead atoms. The van der Waals surface area contributed by atoms with Crippen molar-refractivity contribution in [1.29, 1.82) is 0 Å². The zero-order valence-corrected chi connectivity index (χ0v) is 12.5. The van der Waals surface area contributed by atoms with Crippen molar-refractivity contribution in [2.75, 3.05) is 17.2 Å². The molecule has 2 N–H and O–H groups in total. The van der Waals surface area contributed by atoms with Crippen LogP contribution in [0.1, 0.15) is 10.4 Å². The van der Waals surface area contributed by atoms with Crippen LogP contribution in [0.25, 0.3) is 0 Å². The van der Waals surface area contributed by atoms with Gasteiger partial charge in [0.25, 0.3) is 11.8 Å². The number of fused-ring (bicyclic) bond motifs is 1. The Bertz CT molecular complexity index is 819. The van der Waals surface area contributed by atoms with E-state index in [-0.39, 0.29) is 18.1 Å². The average molecular weight is 352 g/mol. The van der Waals surface area contributed by atoms with Gasteiger partial charge < -0.3 is 20.1 Å². The van der Waals surface area contributed by atoms with Crippen molar-refractivity contribution in [3.05, 3.63) is 48.0 Å². The molecule has 1 aliphatic heterocycles. The first-order chi connectivity index (χ1) is 11.8. The molecule has 0 atom stereocenters. The molecule has 0 fully saturated rings. The van der Waals surface area contributed by atoms with Crippen LogP contribution in [0.2, 0.25) is 0 Å². The molecule has 1 aliphatic rings. The molecular weight excluding hydrogens is 341 g/mol. The molecule has 2 amide bonds. The molecule has 0 spiro atoms. The molecular formula is C16H11F3N2O4. The fourth-order valence-corrected chi connectivity index (χ4v) is 2.17. The largest absolute Gasteiger partial charge is 0.573 e. The number of rotatable bonds is 3. The Morgan fingerprint density at radius 1 is 1.16 bits per heavy atom. The van der Waals surface area contributed by atoms with Gasteiger partial charge in [-0.05, 0) is 42.5 Å². The summed E-state index contributed by atoms with van der Waals surface area (Å²) in [5.41, 5.74) is 0.959. The molecule has 2 aromatic rings. The summed E-state index contributed by atoms with van der Waals surface area (Å²) in [6, 6.07) is 9.19. The molecule has 130 valence electrons. The lowest BCUT2D eigenvalue weighted by Crippen LogP contribution is -2.25. The highest BCUT2D eigenvalue weighted by Gasteiger charge is 2.31. The second-order valence-electron chi connectivity index (χ2n) is 5.07. The van der Waals surface area contributed by atoms with Crippen molar-refractivity contribution in [3.8, 4) is 11.5 Å². The first-order valence-corrected chi connectivity index (χ1v) is 7.04. The van der Waals surface area contributed by atoms with Crippen LogP contribution in [0.3, 0.4) is 0 Å². The van der Waals surface area contributed by atoms with Gasteiger partial charge in [0.1, 0.15) is 11.5 Å². The molecule has 0 aliphatic carbocycles. The third-order valence-corrected chi connectivity index (χ3v) is 3.22. The van der Waals surface area contributed by atoms with Crippen molar-refractivity contribution in [2.45, 2.75) is 6.36 Å². The van der Waals surface area contributed by atoms with E-state index in [4.69, 9.17) is 4.74 Å². The van der Waals surface area contributed by atoms with E-state index in [0.29, 0.717) is 17.1 Å². The van der Waals surface area contributed by atoms with Crippen LogP contribution >= 0.6 is 0 Å². The van der Waals surface area contributed by atoms with E-state index in [1.54, 1.807) is 12.1 Å². The maximum absolute atomic E-state index is 12.2. The lowest BCUT2D eigenvalue weighted by molar-refractivity contribution is -0.274. The summed E-state index contributed by atoms with van der Waals surface area (Å²) in [5, 5.41) is 5.19. The maximum atomic E-state index is 12.2. The van der Waals surface area contributed by atoms with Crippen LogP contribution in [-0.4, -0.2) is 24.8 Å². The molecule has 2 aromatic carbocycles. The number of ether oxygens (including phenoxy) is 2. The Balaban J connectivity index is 1.70. The molecule has 0 unspecified atom stereocenters. The second kappa shape index (κ2) is 6.34. The quantitative estimate of drug-likeness (QED) is 0.890. The minimum Gasteiger partial charge on any atom is -0.482 e. The van der Waals surface area contributed by atoms with Gasteiger partial charge in [-0.15, -0.1) is 13.2 Å². The van der Waals surface area contributed by atoms with Crippen molar-refractivity contribution < 1.29 is 32.2 Å². The number of hydrogen-bond acceptors (Lipinski definition) is 4. The van der Waals surface area contributed by atoms with Crippen LogP contribution in [0.4, 0.5) is 24.5 Å². The number of benzene rings is 2. The summed E-state index contributed by atoms with van der Waals surface area (Å²) in [7, 11) is 0. The molecule has 25 heavy (non-hydrogen) atoms. The summed E-state index contributed by atoms with van der Waals surface area (Å²) in [4.78, 5) is 23.4. The smallest absolute Gasteiger partial charge is 0.482 e. The zero-order valence-electron chi connectivity index (χ0n) is 12.5. The van der Waals surface area contributed by atoms with Crippen molar-refractivity contribution >= 4 is 23.2 Å². The second-order valence-corrected chi connectivity index (χ2v) is 5.07. The monoisotopic (exact) mass is 352 g/mol. The number of carbonyl (C=O) groups excluding carboxylic acids is 2. The number of carbonyl (C=O) groups is 2. The molecule has 0 aromatic heterocycles. The van der Waals surface area contributed by atoms with Crippen molar-refractivity contribution in [3.63, 3.8) is 0 Å². The van der Waals surface area contributed by atoms with Crippen LogP contribution < -0.4 is 20.1 Å². The highest BCUT2D eigenvalue weighted by Crippen LogP contribution is 2.30. The number of hydrogen-bond donors (Lipinski definition) is 2. The van der Waals surface area contributed by atoms with E-state index in [1.165, 1.54) is 18.2 Å². The normalized spacial score (nSPS) is 13.3. The Morgan fingerprint density at radius 2 is 1.88 bits per heavy atom. The van der Waals surface area contributed by atoms with E-state index in [2.05, 4.69) is 15.4 Å². The fraction of sp³-hybridized carbons (Fsp3) is 0.125. The zero-order chi connectivity index (χ0) is 18.0. The van der Waals surface area contributed by atoms with Gasteiger partial charge in [-0.3, -0.25) is 9.59 Å². The number of alkyl halides is 3. The van der Waals surface area contributed by atoms with Gasteiger partial charge in [0.2, 0.25) is 0 Å². The molecule has 0 radical (unpaired) electrons. The fourth-order valence-electron chi connectivity index (χ4n) is 2.17. The summed E-state index contributed by atoms with van der Waals surface area (Å²) in [6.07, 6.45) is -4.79. The van der Waals surface area contributed by atoms with Crippen LogP contribution in [-0.2, 0) is 4.79 Å². The van der Waals surface area contributed by atoms with Crippen LogP contribution in [0.5, 0.6) is 11.5 Å². The van der Waals surface area contributed by atoms with E-state index in [9.17, 15) is 22.8 Å². The predicted molar refractivity (Wildman–Crippen MR) is 81.6 cm³/mol. The van der Waals surface area contributed by atoms with Gasteiger partial charge in [-0.25, -0.2) is 0 Å². The van der Waals surface area contributed by atoms with Crippen LogP contribution in [0, 0.1) is 0 Å². The van der Waals surface area contributed by atoms with E-state index < -0.39 is 18.0 Å². The lowest BCUT2D eigenvalue weighted by atomic mass is 10.2. The third kappa shape index (κ3) is 4.19. The van der Waals surface area contributed by atoms with Gasteiger partial charge >= 0.3 is 6.36 Å². The highest BCUT2D eigenvalue weighted by molar-refractivity contribution is 6.05. The van der Waals surface area contributed by atoms with E-state index >= 15 is 0 Å². The first kappa shape index (κ1) is 16.6. The van der Waals surface area contributed by atoms with Crippen LogP contribution in [0.15, 0.2) is 42.5 Å². The molecule has 9 heteroatoms. The molecule has 1 heterocycles. The summed E-state index contributed by atoms with van der Waals surface area (Å²) in [6.45, 7) is -0.0783. The predicted octanol–water partition coefficient (Wildman–Crippen LogP) is 3.17. The number of anilines is 2. The minimum absolute atomic E-state index is 0.0783. The number of halogens is 3. The molecule has 0 saturated carbocycles.